The Labute approximate surface area is 547 Å². The second kappa shape index (κ2) is 22.4. The summed E-state index contributed by atoms with van der Waals surface area (Å²) in [5.74, 6) is 0. The summed E-state index contributed by atoms with van der Waals surface area (Å²) in [4.78, 5) is 35.7. The predicted molar refractivity (Wildman–Crippen MR) is 376 cm³/mol. The summed E-state index contributed by atoms with van der Waals surface area (Å²) in [5, 5.41) is 0. The summed E-state index contributed by atoms with van der Waals surface area (Å²) >= 11 is 0. The van der Waals surface area contributed by atoms with Crippen molar-refractivity contribution in [3.63, 3.8) is 0 Å². The van der Waals surface area contributed by atoms with Crippen LogP contribution in [0.15, 0.2) is 97.1 Å². The maximum Gasteiger partial charge on any atom is 2.00 e. The molecular formula is C82H98N6Zn. The van der Waals surface area contributed by atoms with Gasteiger partial charge in [0, 0.05) is 0 Å². The Balaban J connectivity index is 0.00000873. The van der Waals surface area contributed by atoms with E-state index in [1.54, 1.807) is 0 Å². The molecule has 6 nitrogen and oxygen atoms in total. The Morgan fingerprint density at radius 2 is 0.494 bits per heavy atom. The van der Waals surface area contributed by atoms with Crippen molar-refractivity contribution in [2.75, 3.05) is 0 Å². The van der Waals surface area contributed by atoms with Crippen LogP contribution in [0.2, 0.25) is 0 Å². The number of aryl methyl sites for hydroxylation is 2. The van der Waals surface area contributed by atoms with Gasteiger partial charge in [-0.1, -0.05) is 263 Å². The van der Waals surface area contributed by atoms with E-state index in [1.165, 1.54) is 44.5 Å². The van der Waals surface area contributed by atoms with Gasteiger partial charge < -0.3 is 9.97 Å². The monoisotopic (exact) mass is 1230 g/mol. The third-order valence-electron chi connectivity index (χ3n) is 18.5. The third-order valence-corrected chi connectivity index (χ3v) is 18.5. The number of benzene rings is 4. The Bertz CT molecular complexity index is 3920. The summed E-state index contributed by atoms with van der Waals surface area (Å²) in [6, 6.07) is 37.7. The van der Waals surface area contributed by atoms with Crippen LogP contribution in [0.25, 0.3) is 102 Å². The SMILES string of the molecule is CC(C)(C)c1cc(-c2c3nc(c(-c4cc(C(C)(C)C)cc(C(C)(C)C)c4)c4ccc([n-]4)c(-c4cc(C(C)(C)C)cc(C(C)(C)C)c4)c4nc(c(-c5cc(C(C)(C)C)cc(C(C)(C)C)c5)c5ccc2[n-]5)-c2nc5c(nc2-4)CCCC5)C=C3)cc(C(C)(C)C)c1.[Zn+2]. The van der Waals surface area contributed by atoms with E-state index >= 15 is 0 Å². The average Bonchev–Trinajstić information content (AvgIpc) is 1.63. The van der Waals surface area contributed by atoms with E-state index in [1.807, 2.05) is 0 Å². The van der Waals surface area contributed by atoms with Gasteiger partial charge in [-0.15, -0.1) is 22.1 Å². The molecule has 7 heteroatoms. The molecule has 0 saturated heterocycles. The van der Waals surface area contributed by atoms with Gasteiger partial charge in [-0.3, -0.25) is 0 Å². The molecule has 0 radical (unpaired) electrons. The van der Waals surface area contributed by atoms with Crippen molar-refractivity contribution in [3.05, 3.63) is 164 Å². The Hall–Kier alpha value is -6.56. The molecule has 11 rings (SSSR count). The van der Waals surface area contributed by atoms with Crippen LogP contribution in [0, 0.1) is 0 Å². The fourth-order valence-corrected chi connectivity index (χ4v) is 12.5. The van der Waals surface area contributed by atoms with Crippen LogP contribution in [0.4, 0.5) is 0 Å². The number of hydrogen-bond donors (Lipinski definition) is 0. The number of hydrogen-bond acceptors (Lipinski definition) is 4. The van der Waals surface area contributed by atoms with Crippen molar-refractivity contribution in [2.45, 2.75) is 235 Å². The fourth-order valence-electron chi connectivity index (χ4n) is 12.5. The van der Waals surface area contributed by atoms with Gasteiger partial charge in [0.05, 0.1) is 34.2 Å². The average molecular weight is 1230 g/mol. The standard InChI is InChI=1S/C82H98N6.Zn/c1-75(2,3)51-35-47(36-52(43-51)76(4,5)6)67-61-29-30-62(83-61)68(48-37-53(77(7,8)9)44-54(38-48)78(10,11)12)64-32-34-66(85-64)70(50-41-57(81(19,20)21)46-58(42-50)82(22,23)24)72-74-73(86-59-27-25-26-28-60(59)87-74)71(88-72)69(65-33-31-63(67)84-65)49-39-55(79(13,14)15)45-56(40-49)80(16,17)18;/h29-46H,25-28H2,1-24H3;/q-2;+2. The molecule has 0 fully saturated rings. The topological polar surface area (TPSA) is 79.8 Å². The summed E-state index contributed by atoms with van der Waals surface area (Å²) in [6.07, 6.45) is 8.34. The number of rotatable bonds is 4. The smallest absolute Gasteiger partial charge is 0.657 e. The first kappa shape index (κ1) is 65.4. The Morgan fingerprint density at radius 1 is 0.270 bits per heavy atom. The van der Waals surface area contributed by atoms with Gasteiger partial charge in [0.15, 0.2) is 0 Å². The van der Waals surface area contributed by atoms with Crippen molar-refractivity contribution < 1.29 is 19.5 Å². The molecule has 0 spiro atoms. The summed E-state index contributed by atoms with van der Waals surface area (Å²) in [7, 11) is 0. The Morgan fingerprint density at radius 3 is 0.730 bits per heavy atom. The van der Waals surface area contributed by atoms with Crippen LogP contribution < -0.4 is 9.97 Å². The van der Waals surface area contributed by atoms with Gasteiger partial charge in [-0.2, -0.15) is 0 Å². The summed E-state index contributed by atoms with van der Waals surface area (Å²) in [5.41, 5.74) is 27.3. The maximum absolute atomic E-state index is 6.16. The first-order valence-corrected chi connectivity index (χ1v) is 32.6. The molecule has 0 amide bonds. The fraction of sp³-hybridized carbons (Fsp3) is 0.439. The quantitative estimate of drug-likeness (QED) is 0.163. The second-order valence-electron chi connectivity index (χ2n) is 34.2. The van der Waals surface area contributed by atoms with Crippen LogP contribution in [-0.4, -0.2) is 19.9 Å². The zero-order valence-corrected chi connectivity index (χ0v) is 61.6. The van der Waals surface area contributed by atoms with E-state index in [9.17, 15) is 0 Å². The molecule has 6 heterocycles. The van der Waals surface area contributed by atoms with Crippen molar-refractivity contribution in [3.8, 4) is 67.3 Å². The molecule has 458 valence electrons. The van der Waals surface area contributed by atoms with Crippen LogP contribution in [0.1, 0.15) is 246 Å². The molecule has 0 N–H and O–H groups in total. The number of nitrogens with zero attached hydrogens (tertiary/aromatic N) is 6. The number of aromatic nitrogens is 6. The first-order chi connectivity index (χ1) is 40.6. The molecule has 4 aromatic carbocycles. The molecular weight excluding hydrogens is 1130 g/mol. The molecule has 0 saturated carbocycles. The molecule has 8 aromatic rings. The van der Waals surface area contributed by atoms with E-state index in [2.05, 4.69) is 275 Å². The normalized spacial score (nSPS) is 14.2. The number of fused-ring (bicyclic) bond motifs is 12. The molecule has 89 heavy (non-hydrogen) atoms. The summed E-state index contributed by atoms with van der Waals surface area (Å²) in [6.45, 7) is 55.6. The van der Waals surface area contributed by atoms with E-state index in [4.69, 9.17) is 29.9 Å². The zero-order valence-electron chi connectivity index (χ0n) is 58.6. The van der Waals surface area contributed by atoms with E-state index in [-0.39, 0.29) is 62.8 Å². The van der Waals surface area contributed by atoms with Gasteiger partial charge >= 0.3 is 19.5 Å². The second-order valence-corrected chi connectivity index (χ2v) is 34.2. The van der Waals surface area contributed by atoms with E-state index < -0.39 is 0 Å². The van der Waals surface area contributed by atoms with Gasteiger partial charge in [-0.25, -0.2) is 19.9 Å². The van der Waals surface area contributed by atoms with E-state index in [0.717, 1.165) is 138 Å². The Kier molecular flexibility index (Phi) is 16.4. The van der Waals surface area contributed by atoms with Gasteiger partial charge in [0.1, 0.15) is 11.4 Å². The van der Waals surface area contributed by atoms with Crippen molar-refractivity contribution in [2.24, 2.45) is 0 Å². The molecule has 2 aliphatic heterocycles. The largest absolute Gasteiger partial charge is 2.00 e. The van der Waals surface area contributed by atoms with Gasteiger partial charge in [0.2, 0.25) is 0 Å². The zero-order chi connectivity index (χ0) is 64.0. The van der Waals surface area contributed by atoms with Crippen molar-refractivity contribution >= 4 is 34.2 Å². The molecule has 3 aliphatic rings. The summed E-state index contributed by atoms with van der Waals surface area (Å²) < 4.78 is 0. The minimum atomic E-state index is -0.167. The first-order valence-electron chi connectivity index (χ1n) is 32.6. The van der Waals surface area contributed by atoms with Crippen LogP contribution in [0.3, 0.4) is 0 Å². The molecule has 0 unspecified atom stereocenters. The van der Waals surface area contributed by atoms with Crippen molar-refractivity contribution in [1.82, 2.24) is 29.9 Å². The van der Waals surface area contributed by atoms with Gasteiger partial charge in [-0.05, 0) is 170 Å². The maximum atomic E-state index is 6.16. The minimum absolute atomic E-state index is 0. The van der Waals surface area contributed by atoms with E-state index in [0.29, 0.717) is 0 Å². The third kappa shape index (κ3) is 12.9. The van der Waals surface area contributed by atoms with Crippen molar-refractivity contribution in [1.29, 1.82) is 0 Å². The van der Waals surface area contributed by atoms with Crippen LogP contribution >= 0.6 is 0 Å². The molecule has 8 bridgehead atoms. The minimum Gasteiger partial charge on any atom is -0.657 e. The molecule has 1 aliphatic carbocycles. The predicted octanol–water partition coefficient (Wildman–Crippen LogP) is 21.8. The molecule has 4 aromatic heterocycles. The van der Waals surface area contributed by atoms with Gasteiger partial charge in [0.25, 0.3) is 0 Å². The van der Waals surface area contributed by atoms with Crippen LogP contribution in [0.5, 0.6) is 0 Å². The molecule has 0 atom stereocenters. The van der Waals surface area contributed by atoms with Crippen LogP contribution in [-0.2, 0) is 75.6 Å².